The summed E-state index contributed by atoms with van der Waals surface area (Å²) in [6.45, 7) is 1.61. The third-order valence-corrected chi connectivity index (χ3v) is 3.75. The van der Waals surface area contributed by atoms with E-state index in [0.717, 1.165) is 0 Å². The first-order valence-corrected chi connectivity index (χ1v) is 5.33. The van der Waals surface area contributed by atoms with E-state index in [9.17, 15) is 8.42 Å². The van der Waals surface area contributed by atoms with Gasteiger partial charge in [0.2, 0.25) is 0 Å². The fourth-order valence-electron chi connectivity index (χ4n) is 1.54. The number of sulfone groups is 1. The molecule has 0 spiro atoms. The second-order valence-corrected chi connectivity index (χ2v) is 5.51. The van der Waals surface area contributed by atoms with Crippen molar-refractivity contribution in [1.82, 2.24) is 0 Å². The van der Waals surface area contributed by atoms with Crippen LogP contribution < -0.4 is 5.73 Å². The van der Waals surface area contributed by atoms with Gasteiger partial charge in [0, 0.05) is 5.54 Å². The maximum absolute atomic E-state index is 10.7. The van der Waals surface area contributed by atoms with Crippen molar-refractivity contribution in [2.75, 3.05) is 11.5 Å². The predicted octanol–water partition coefficient (Wildman–Crippen LogP) is -1.12. The Balaban J connectivity index is 2.50. The lowest BCUT2D eigenvalue weighted by Crippen LogP contribution is -2.62. The molecule has 5 heteroatoms. The zero-order chi connectivity index (χ0) is 8.70. The smallest absolute Gasteiger partial charge is 0.153 e. The van der Waals surface area contributed by atoms with Crippen LogP contribution in [0.5, 0.6) is 0 Å². The van der Waals surface area contributed by atoms with E-state index in [1.54, 1.807) is 6.92 Å². The highest BCUT2D eigenvalue weighted by atomic mass is 32.2. The molecular formula is C6H13NO3S. The average Bonchev–Trinajstić information content (AvgIpc) is 1.52. The van der Waals surface area contributed by atoms with Crippen LogP contribution in [0.15, 0.2) is 0 Å². The van der Waals surface area contributed by atoms with Crippen LogP contribution in [0.2, 0.25) is 0 Å². The molecule has 1 fully saturated rings. The molecule has 4 nitrogen and oxygen atoms in total. The summed E-state index contributed by atoms with van der Waals surface area (Å²) in [5, 5.41) is 8.95. The normalized spacial score (nSPS) is 29.0. The Kier molecular flexibility index (Phi) is 1.98. The average molecular weight is 179 g/mol. The van der Waals surface area contributed by atoms with Gasteiger partial charge in [-0.3, -0.25) is 0 Å². The van der Waals surface area contributed by atoms with E-state index >= 15 is 0 Å². The highest BCUT2D eigenvalue weighted by Crippen LogP contribution is 2.25. The van der Waals surface area contributed by atoms with Gasteiger partial charge in [-0.15, -0.1) is 0 Å². The number of hydrogen-bond donors (Lipinski definition) is 2. The van der Waals surface area contributed by atoms with E-state index in [-0.39, 0.29) is 11.5 Å². The minimum atomic E-state index is -2.87. The second-order valence-electron chi connectivity index (χ2n) is 3.45. The van der Waals surface area contributed by atoms with E-state index < -0.39 is 21.5 Å². The van der Waals surface area contributed by atoms with Crippen LogP contribution in [-0.4, -0.2) is 36.7 Å². The minimum absolute atomic E-state index is 0.0187. The van der Waals surface area contributed by atoms with Gasteiger partial charge in [0.1, 0.15) is 0 Å². The van der Waals surface area contributed by atoms with Gasteiger partial charge in [0.05, 0.1) is 17.6 Å². The first kappa shape index (κ1) is 8.96. The third-order valence-electron chi connectivity index (χ3n) is 1.72. The number of aliphatic hydroxyl groups excluding tert-OH is 1. The standard InChI is InChI=1S/C6H13NO3S/c1-5(8)2-6(7)3-11(9,10)4-6/h5,8H,2-4,7H2,1H3. The maximum Gasteiger partial charge on any atom is 0.153 e. The molecular weight excluding hydrogens is 166 g/mol. The van der Waals surface area contributed by atoms with Crippen molar-refractivity contribution in [2.24, 2.45) is 5.73 Å². The zero-order valence-corrected chi connectivity index (χ0v) is 7.26. The summed E-state index contributed by atoms with van der Waals surface area (Å²) in [5.74, 6) is 0.0375. The molecule has 3 N–H and O–H groups in total. The van der Waals surface area contributed by atoms with Gasteiger partial charge in [-0.1, -0.05) is 0 Å². The van der Waals surface area contributed by atoms with Gasteiger partial charge >= 0.3 is 0 Å². The SMILES string of the molecule is CC(O)CC1(N)CS(=O)(=O)C1. The lowest BCUT2D eigenvalue weighted by atomic mass is 9.98. The largest absolute Gasteiger partial charge is 0.393 e. The monoisotopic (exact) mass is 179 g/mol. The molecule has 0 bridgehead atoms. The molecule has 1 saturated heterocycles. The summed E-state index contributed by atoms with van der Waals surface area (Å²) in [6, 6.07) is 0. The first-order valence-electron chi connectivity index (χ1n) is 3.50. The summed E-state index contributed by atoms with van der Waals surface area (Å²) < 4.78 is 21.4. The van der Waals surface area contributed by atoms with E-state index in [1.807, 2.05) is 0 Å². The van der Waals surface area contributed by atoms with Crippen LogP contribution in [0, 0.1) is 0 Å². The molecule has 0 aliphatic carbocycles. The quantitative estimate of drug-likeness (QED) is 0.563. The van der Waals surface area contributed by atoms with Crippen LogP contribution in [-0.2, 0) is 9.84 Å². The summed E-state index contributed by atoms with van der Waals surface area (Å²) >= 11 is 0. The van der Waals surface area contributed by atoms with Crippen LogP contribution in [0.1, 0.15) is 13.3 Å². The molecule has 0 amide bonds. The molecule has 1 aliphatic heterocycles. The molecule has 0 radical (unpaired) electrons. The molecule has 0 saturated carbocycles. The van der Waals surface area contributed by atoms with Gasteiger partial charge in [-0.2, -0.15) is 0 Å². The summed E-state index contributed by atoms with van der Waals surface area (Å²) in [4.78, 5) is 0. The Morgan fingerprint density at radius 3 is 2.36 bits per heavy atom. The lowest BCUT2D eigenvalue weighted by molar-refractivity contribution is 0.156. The van der Waals surface area contributed by atoms with E-state index in [2.05, 4.69) is 0 Å². The van der Waals surface area contributed by atoms with Crippen molar-refractivity contribution in [3.05, 3.63) is 0 Å². The molecule has 0 aromatic carbocycles. The molecule has 1 rings (SSSR count). The zero-order valence-electron chi connectivity index (χ0n) is 6.45. The van der Waals surface area contributed by atoms with Crippen LogP contribution >= 0.6 is 0 Å². The Bertz CT molecular complexity index is 233. The van der Waals surface area contributed by atoms with Gasteiger partial charge in [0.25, 0.3) is 0 Å². The van der Waals surface area contributed by atoms with Gasteiger partial charge in [-0.25, -0.2) is 8.42 Å². The Morgan fingerprint density at radius 1 is 1.64 bits per heavy atom. The van der Waals surface area contributed by atoms with Crippen molar-refractivity contribution in [1.29, 1.82) is 0 Å². The molecule has 66 valence electrons. The van der Waals surface area contributed by atoms with E-state index in [4.69, 9.17) is 10.8 Å². The maximum atomic E-state index is 10.7. The molecule has 11 heavy (non-hydrogen) atoms. The van der Waals surface area contributed by atoms with Crippen molar-refractivity contribution in [3.63, 3.8) is 0 Å². The second kappa shape index (κ2) is 2.43. The minimum Gasteiger partial charge on any atom is -0.393 e. The Morgan fingerprint density at radius 2 is 2.09 bits per heavy atom. The molecule has 0 aromatic heterocycles. The molecule has 1 heterocycles. The van der Waals surface area contributed by atoms with E-state index in [0.29, 0.717) is 6.42 Å². The predicted molar refractivity (Wildman–Crippen MR) is 41.9 cm³/mol. The highest BCUT2D eigenvalue weighted by molar-refractivity contribution is 7.93. The topological polar surface area (TPSA) is 80.4 Å². The molecule has 1 aliphatic rings. The number of hydrogen-bond acceptors (Lipinski definition) is 4. The van der Waals surface area contributed by atoms with Crippen LogP contribution in [0.3, 0.4) is 0 Å². The number of aliphatic hydroxyl groups is 1. The summed E-state index contributed by atoms with van der Waals surface area (Å²) in [7, 11) is -2.87. The van der Waals surface area contributed by atoms with Crippen molar-refractivity contribution >= 4 is 9.84 Å². The number of rotatable bonds is 2. The van der Waals surface area contributed by atoms with E-state index in [1.165, 1.54) is 0 Å². The van der Waals surface area contributed by atoms with Crippen molar-refractivity contribution in [2.45, 2.75) is 25.0 Å². The Labute approximate surface area is 66.3 Å². The fourth-order valence-corrected chi connectivity index (χ4v) is 3.44. The van der Waals surface area contributed by atoms with Crippen molar-refractivity contribution in [3.8, 4) is 0 Å². The molecule has 0 aromatic rings. The fraction of sp³-hybridized carbons (Fsp3) is 1.00. The van der Waals surface area contributed by atoms with Gasteiger partial charge in [0.15, 0.2) is 9.84 Å². The highest BCUT2D eigenvalue weighted by Gasteiger charge is 2.45. The van der Waals surface area contributed by atoms with Crippen LogP contribution in [0.25, 0.3) is 0 Å². The Hall–Kier alpha value is -0.130. The van der Waals surface area contributed by atoms with Crippen LogP contribution in [0.4, 0.5) is 0 Å². The summed E-state index contributed by atoms with van der Waals surface area (Å²) in [6.07, 6.45) is -0.151. The van der Waals surface area contributed by atoms with Gasteiger partial charge < -0.3 is 10.8 Å². The third kappa shape index (κ3) is 2.15. The lowest BCUT2D eigenvalue weighted by Gasteiger charge is -2.38. The summed E-state index contributed by atoms with van der Waals surface area (Å²) in [5.41, 5.74) is 4.98. The molecule has 1 atom stereocenters. The van der Waals surface area contributed by atoms with Crippen molar-refractivity contribution < 1.29 is 13.5 Å². The van der Waals surface area contributed by atoms with Gasteiger partial charge in [-0.05, 0) is 13.3 Å². The number of nitrogens with two attached hydrogens (primary N) is 1. The first-order chi connectivity index (χ1) is 4.83. The molecule has 1 unspecified atom stereocenters.